The van der Waals surface area contributed by atoms with E-state index in [1.807, 2.05) is 6.92 Å². The van der Waals surface area contributed by atoms with Gasteiger partial charge in [-0.3, -0.25) is 4.90 Å². The SMILES string of the molecule is CC(C#N)N1CCCCCCC1. The largest absolute Gasteiger partial charge is 0.288 e. The van der Waals surface area contributed by atoms with Gasteiger partial charge in [-0.05, 0) is 32.9 Å². The second-order valence-electron chi connectivity index (χ2n) is 3.61. The molecular formula is C10H18N2. The summed E-state index contributed by atoms with van der Waals surface area (Å²) in [7, 11) is 0. The standard InChI is InChI=1S/C10H18N2/c1-10(9-11)12-7-5-3-2-4-6-8-12/h10H,2-8H2,1H3. The summed E-state index contributed by atoms with van der Waals surface area (Å²) in [5.41, 5.74) is 0. The van der Waals surface area contributed by atoms with Gasteiger partial charge in [-0.25, -0.2) is 0 Å². The minimum atomic E-state index is 0.114. The number of nitriles is 1. The summed E-state index contributed by atoms with van der Waals surface area (Å²) in [5.74, 6) is 0. The first kappa shape index (κ1) is 9.54. The van der Waals surface area contributed by atoms with Gasteiger partial charge in [0, 0.05) is 0 Å². The van der Waals surface area contributed by atoms with E-state index in [0.29, 0.717) is 0 Å². The Morgan fingerprint density at radius 1 is 1.08 bits per heavy atom. The lowest BCUT2D eigenvalue weighted by molar-refractivity contribution is 0.223. The Bertz CT molecular complexity index is 152. The fourth-order valence-corrected chi connectivity index (χ4v) is 1.74. The molecule has 0 bridgehead atoms. The van der Waals surface area contributed by atoms with E-state index in [2.05, 4.69) is 11.0 Å². The van der Waals surface area contributed by atoms with Crippen molar-refractivity contribution in [2.24, 2.45) is 0 Å². The molecule has 12 heavy (non-hydrogen) atoms. The smallest absolute Gasteiger partial charge is 0.0949 e. The van der Waals surface area contributed by atoms with E-state index in [-0.39, 0.29) is 6.04 Å². The van der Waals surface area contributed by atoms with Gasteiger partial charge >= 0.3 is 0 Å². The van der Waals surface area contributed by atoms with Gasteiger partial charge in [0.15, 0.2) is 0 Å². The number of nitrogens with zero attached hydrogens (tertiary/aromatic N) is 2. The van der Waals surface area contributed by atoms with Gasteiger partial charge in [-0.15, -0.1) is 0 Å². The molecule has 1 atom stereocenters. The average Bonchev–Trinajstić information content (AvgIpc) is 2.02. The van der Waals surface area contributed by atoms with Crippen LogP contribution in [0.1, 0.15) is 39.0 Å². The lowest BCUT2D eigenvalue weighted by atomic mass is 10.1. The van der Waals surface area contributed by atoms with Crippen molar-refractivity contribution in [1.82, 2.24) is 4.90 Å². The Labute approximate surface area is 75.2 Å². The van der Waals surface area contributed by atoms with Gasteiger partial charge in [0.25, 0.3) is 0 Å². The third kappa shape index (κ3) is 2.83. The fraction of sp³-hybridized carbons (Fsp3) is 0.900. The van der Waals surface area contributed by atoms with Crippen LogP contribution >= 0.6 is 0 Å². The van der Waals surface area contributed by atoms with Crippen LogP contribution in [0, 0.1) is 11.3 Å². The Hall–Kier alpha value is -0.550. The van der Waals surface area contributed by atoms with E-state index in [0.717, 1.165) is 13.1 Å². The first-order valence-electron chi connectivity index (χ1n) is 4.98. The van der Waals surface area contributed by atoms with E-state index in [1.54, 1.807) is 0 Å². The van der Waals surface area contributed by atoms with Crippen LogP contribution in [0.4, 0.5) is 0 Å². The normalized spacial score (nSPS) is 23.7. The van der Waals surface area contributed by atoms with Gasteiger partial charge < -0.3 is 0 Å². The lowest BCUT2D eigenvalue weighted by Gasteiger charge is -2.26. The predicted octanol–water partition coefficient (Wildman–Crippen LogP) is 2.16. The second-order valence-corrected chi connectivity index (χ2v) is 3.61. The number of hydrogen-bond acceptors (Lipinski definition) is 2. The van der Waals surface area contributed by atoms with Crippen molar-refractivity contribution in [3.63, 3.8) is 0 Å². The molecule has 0 radical (unpaired) electrons. The molecule has 1 aliphatic heterocycles. The van der Waals surface area contributed by atoms with Crippen LogP contribution in [0.15, 0.2) is 0 Å². The van der Waals surface area contributed by atoms with Crippen molar-refractivity contribution in [3.8, 4) is 6.07 Å². The molecule has 2 heteroatoms. The van der Waals surface area contributed by atoms with Crippen LogP contribution in [0.2, 0.25) is 0 Å². The molecule has 0 aromatic carbocycles. The van der Waals surface area contributed by atoms with Crippen LogP contribution in [0.3, 0.4) is 0 Å². The highest BCUT2D eigenvalue weighted by Gasteiger charge is 2.13. The van der Waals surface area contributed by atoms with Crippen molar-refractivity contribution in [1.29, 1.82) is 5.26 Å². The predicted molar refractivity (Wildman–Crippen MR) is 49.7 cm³/mol. The van der Waals surface area contributed by atoms with Crippen LogP contribution in [0.5, 0.6) is 0 Å². The monoisotopic (exact) mass is 166 g/mol. The highest BCUT2D eigenvalue weighted by atomic mass is 15.1. The zero-order valence-corrected chi connectivity index (χ0v) is 7.92. The van der Waals surface area contributed by atoms with Gasteiger partial charge in [-0.2, -0.15) is 5.26 Å². The molecule has 0 aromatic heterocycles. The van der Waals surface area contributed by atoms with Crippen molar-refractivity contribution in [2.75, 3.05) is 13.1 Å². The molecular weight excluding hydrogens is 148 g/mol. The van der Waals surface area contributed by atoms with Gasteiger partial charge in [0.1, 0.15) is 0 Å². The molecule has 68 valence electrons. The lowest BCUT2D eigenvalue weighted by Crippen LogP contribution is -2.34. The minimum absolute atomic E-state index is 0.114. The quantitative estimate of drug-likeness (QED) is 0.597. The van der Waals surface area contributed by atoms with E-state index < -0.39 is 0 Å². The van der Waals surface area contributed by atoms with E-state index in [1.165, 1.54) is 32.1 Å². The summed E-state index contributed by atoms with van der Waals surface area (Å²) in [4.78, 5) is 2.30. The highest BCUT2D eigenvalue weighted by Crippen LogP contribution is 2.12. The van der Waals surface area contributed by atoms with E-state index in [4.69, 9.17) is 5.26 Å². The second kappa shape index (κ2) is 5.16. The molecule has 0 aliphatic carbocycles. The minimum Gasteiger partial charge on any atom is -0.288 e. The summed E-state index contributed by atoms with van der Waals surface area (Å²) >= 11 is 0. The van der Waals surface area contributed by atoms with Crippen LogP contribution in [0.25, 0.3) is 0 Å². The molecule has 1 heterocycles. The first-order chi connectivity index (χ1) is 5.84. The van der Waals surface area contributed by atoms with Gasteiger partial charge in [0.05, 0.1) is 12.1 Å². The molecule has 0 amide bonds. The maximum Gasteiger partial charge on any atom is 0.0949 e. The van der Waals surface area contributed by atoms with E-state index in [9.17, 15) is 0 Å². The van der Waals surface area contributed by atoms with Gasteiger partial charge in [0.2, 0.25) is 0 Å². The van der Waals surface area contributed by atoms with Crippen LogP contribution in [-0.2, 0) is 0 Å². The molecule has 1 saturated heterocycles. The van der Waals surface area contributed by atoms with Crippen molar-refractivity contribution in [3.05, 3.63) is 0 Å². The summed E-state index contributed by atoms with van der Waals surface area (Å²) in [5, 5.41) is 8.76. The Morgan fingerprint density at radius 2 is 1.58 bits per heavy atom. The summed E-state index contributed by atoms with van der Waals surface area (Å²) in [6.07, 6.45) is 6.61. The molecule has 0 spiro atoms. The Balaban J connectivity index is 2.35. The molecule has 0 saturated carbocycles. The van der Waals surface area contributed by atoms with E-state index >= 15 is 0 Å². The molecule has 0 N–H and O–H groups in total. The van der Waals surface area contributed by atoms with Gasteiger partial charge in [-0.1, -0.05) is 19.3 Å². The molecule has 1 fully saturated rings. The Kier molecular flexibility index (Phi) is 4.10. The summed E-state index contributed by atoms with van der Waals surface area (Å²) in [6, 6.07) is 2.42. The number of rotatable bonds is 1. The topological polar surface area (TPSA) is 27.0 Å². The zero-order valence-electron chi connectivity index (χ0n) is 7.92. The number of likely N-dealkylation sites (tertiary alicyclic amines) is 1. The fourth-order valence-electron chi connectivity index (χ4n) is 1.74. The Morgan fingerprint density at radius 3 is 2.08 bits per heavy atom. The first-order valence-corrected chi connectivity index (χ1v) is 4.98. The molecule has 1 aliphatic rings. The summed E-state index contributed by atoms with van der Waals surface area (Å²) < 4.78 is 0. The van der Waals surface area contributed by atoms with Crippen molar-refractivity contribution in [2.45, 2.75) is 45.1 Å². The van der Waals surface area contributed by atoms with Crippen molar-refractivity contribution < 1.29 is 0 Å². The third-order valence-corrected chi connectivity index (χ3v) is 2.63. The molecule has 0 aromatic rings. The highest BCUT2D eigenvalue weighted by molar-refractivity contribution is 4.88. The van der Waals surface area contributed by atoms with Crippen LogP contribution < -0.4 is 0 Å². The maximum atomic E-state index is 8.76. The average molecular weight is 166 g/mol. The van der Waals surface area contributed by atoms with Crippen molar-refractivity contribution >= 4 is 0 Å². The molecule has 1 rings (SSSR count). The summed E-state index contributed by atoms with van der Waals surface area (Å²) in [6.45, 7) is 4.24. The maximum absolute atomic E-state index is 8.76. The zero-order chi connectivity index (χ0) is 8.81. The van der Waals surface area contributed by atoms with Crippen LogP contribution in [-0.4, -0.2) is 24.0 Å². The molecule has 1 unspecified atom stereocenters. The molecule has 2 nitrogen and oxygen atoms in total. The number of hydrogen-bond donors (Lipinski definition) is 0. The third-order valence-electron chi connectivity index (χ3n) is 2.63.